The number of benzene rings is 1. The summed E-state index contributed by atoms with van der Waals surface area (Å²) >= 11 is 2.76. The van der Waals surface area contributed by atoms with Crippen molar-refractivity contribution in [2.24, 2.45) is 0 Å². The topological polar surface area (TPSA) is 143 Å². The molecule has 4 heterocycles. The van der Waals surface area contributed by atoms with E-state index in [1.54, 1.807) is 28.5 Å². The van der Waals surface area contributed by atoms with Gasteiger partial charge in [0.05, 0.1) is 0 Å². The first-order valence-corrected chi connectivity index (χ1v) is 13.7. The van der Waals surface area contributed by atoms with Crippen LogP contribution >= 0.6 is 22.7 Å². The van der Waals surface area contributed by atoms with Crippen LogP contribution in [-0.4, -0.2) is 54.0 Å². The number of rotatable bonds is 5. The summed E-state index contributed by atoms with van der Waals surface area (Å²) in [4.78, 5) is 27.6. The van der Waals surface area contributed by atoms with Crippen LogP contribution in [0.15, 0.2) is 52.2 Å². The van der Waals surface area contributed by atoms with Crippen molar-refractivity contribution in [2.75, 3.05) is 12.3 Å². The van der Waals surface area contributed by atoms with E-state index in [0.717, 1.165) is 25.7 Å². The number of carboxylic acid groups (broad SMARTS) is 1. The minimum Gasteiger partial charge on any atom is -0.475 e. The average Bonchev–Trinajstić information content (AvgIpc) is 3.53. The summed E-state index contributed by atoms with van der Waals surface area (Å²) in [6.45, 7) is 0.867. The highest BCUT2D eigenvalue weighted by atomic mass is 32.2. The zero-order chi connectivity index (χ0) is 27.0. The molecule has 0 unspecified atom stereocenters. The highest BCUT2D eigenvalue weighted by molar-refractivity contribution is 7.91. The van der Waals surface area contributed by atoms with E-state index in [1.165, 1.54) is 11.3 Å². The minimum absolute atomic E-state index is 0.220. The van der Waals surface area contributed by atoms with Crippen LogP contribution in [0, 0.1) is 0 Å². The Morgan fingerprint density at radius 1 is 1.24 bits per heavy atom. The molecule has 37 heavy (non-hydrogen) atoms. The zero-order valence-electron chi connectivity index (χ0n) is 18.7. The van der Waals surface area contributed by atoms with E-state index in [0.29, 0.717) is 25.3 Å². The van der Waals surface area contributed by atoms with E-state index < -0.39 is 28.2 Å². The number of carbonyl (C=O) groups excluding carboxylic acids is 1. The van der Waals surface area contributed by atoms with E-state index in [-0.39, 0.29) is 10.1 Å². The number of alkyl halides is 3. The second-order valence-electron chi connectivity index (χ2n) is 7.96. The minimum atomic E-state index is -5.08. The van der Waals surface area contributed by atoms with Crippen molar-refractivity contribution in [3.8, 4) is 0 Å². The van der Waals surface area contributed by atoms with E-state index in [2.05, 4.69) is 9.71 Å². The number of nitrogen functional groups attached to an aromatic ring is 1. The molecule has 4 N–H and O–H groups in total. The molecule has 1 atom stereocenters. The number of hydrogen-bond donors (Lipinski definition) is 3. The van der Waals surface area contributed by atoms with Crippen LogP contribution in [-0.2, 0) is 26.2 Å². The second-order valence-corrected chi connectivity index (χ2v) is 11.9. The van der Waals surface area contributed by atoms with E-state index in [4.69, 9.17) is 15.6 Å². The van der Waals surface area contributed by atoms with Gasteiger partial charge in [0.25, 0.3) is 10.0 Å². The Labute approximate surface area is 216 Å². The molecule has 3 aromatic heterocycles. The van der Waals surface area contributed by atoms with Crippen LogP contribution in [0.25, 0.3) is 20.2 Å². The lowest BCUT2D eigenvalue weighted by atomic mass is 10.2. The van der Waals surface area contributed by atoms with E-state index >= 15 is 0 Å². The van der Waals surface area contributed by atoms with Gasteiger partial charge in [0.1, 0.15) is 16.1 Å². The molecule has 1 aromatic carbocycles. The molecule has 4 aromatic rings. The SMILES string of the molecule is Nc1nccc2scc(CN3CC[C@H](NS(=O)(=O)c4cc5ccccc5s4)C3=O)c12.O=C(O)C(F)(F)F. The number of pyridine rings is 1. The summed E-state index contributed by atoms with van der Waals surface area (Å²) in [5.74, 6) is -2.54. The van der Waals surface area contributed by atoms with Gasteiger partial charge in [-0.1, -0.05) is 18.2 Å². The van der Waals surface area contributed by atoms with Crippen LogP contribution in [0.4, 0.5) is 19.0 Å². The van der Waals surface area contributed by atoms with Crippen molar-refractivity contribution in [3.05, 3.63) is 53.5 Å². The van der Waals surface area contributed by atoms with E-state index in [1.807, 2.05) is 35.7 Å². The number of amides is 1. The fraction of sp³-hybridized carbons (Fsp3) is 0.227. The Bertz CT molecular complexity index is 1550. The molecule has 1 aliphatic heterocycles. The van der Waals surface area contributed by atoms with Gasteiger partial charge in [-0.05, 0) is 40.9 Å². The van der Waals surface area contributed by atoms with Crippen molar-refractivity contribution >= 4 is 70.6 Å². The van der Waals surface area contributed by atoms with Gasteiger partial charge in [-0.25, -0.2) is 18.2 Å². The number of fused-ring (bicyclic) bond motifs is 2. The Hall–Kier alpha value is -3.27. The number of halogens is 3. The van der Waals surface area contributed by atoms with Crippen LogP contribution in [0.1, 0.15) is 12.0 Å². The Morgan fingerprint density at radius 2 is 1.95 bits per heavy atom. The Morgan fingerprint density at radius 3 is 2.62 bits per heavy atom. The third-order valence-electron chi connectivity index (χ3n) is 5.46. The lowest BCUT2D eigenvalue weighted by Gasteiger charge is -2.17. The number of sulfonamides is 1. The summed E-state index contributed by atoms with van der Waals surface area (Å²) in [6, 6.07) is 10.3. The highest BCUT2D eigenvalue weighted by Crippen LogP contribution is 2.32. The van der Waals surface area contributed by atoms with Gasteiger partial charge >= 0.3 is 12.1 Å². The first kappa shape index (κ1) is 26.8. The molecule has 0 spiro atoms. The van der Waals surface area contributed by atoms with Crippen molar-refractivity contribution < 1.29 is 36.3 Å². The van der Waals surface area contributed by atoms with Crippen molar-refractivity contribution in [1.29, 1.82) is 0 Å². The summed E-state index contributed by atoms with van der Waals surface area (Å²) < 4.78 is 62.2. The summed E-state index contributed by atoms with van der Waals surface area (Å²) in [5, 5.41) is 10.8. The molecule has 0 radical (unpaired) electrons. The van der Waals surface area contributed by atoms with E-state index in [9.17, 15) is 26.4 Å². The average molecular weight is 573 g/mol. The number of likely N-dealkylation sites (tertiary alicyclic amines) is 1. The van der Waals surface area contributed by atoms with Crippen LogP contribution in [0.5, 0.6) is 0 Å². The van der Waals surface area contributed by atoms with Crippen molar-refractivity contribution in [3.63, 3.8) is 0 Å². The predicted molar refractivity (Wildman–Crippen MR) is 134 cm³/mol. The highest BCUT2D eigenvalue weighted by Gasteiger charge is 2.38. The molecule has 0 saturated carbocycles. The van der Waals surface area contributed by atoms with Crippen LogP contribution < -0.4 is 10.5 Å². The van der Waals surface area contributed by atoms with Gasteiger partial charge < -0.3 is 15.7 Å². The number of carbonyl (C=O) groups is 2. The number of nitrogens with one attached hydrogen (secondary N) is 1. The number of nitrogens with zero attached hydrogens (tertiary/aromatic N) is 2. The van der Waals surface area contributed by atoms with Gasteiger partial charge in [-0.2, -0.15) is 17.9 Å². The molecule has 196 valence electrons. The maximum absolute atomic E-state index is 12.9. The molecular formula is C22H19F3N4O5S3. The summed E-state index contributed by atoms with van der Waals surface area (Å²) in [5.41, 5.74) is 6.95. The lowest BCUT2D eigenvalue weighted by Crippen LogP contribution is -2.41. The van der Waals surface area contributed by atoms with Gasteiger partial charge in [0.2, 0.25) is 5.91 Å². The number of aromatic nitrogens is 1. The van der Waals surface area contributed by atoms with Gasteiger partial charge in [-0.15, -0.1) is 22.7 Å². The molecular weight excluding hydrogens is 553 g/mol. The predicted octanol–water partition coefficient (Wildman–Crippen LogP) is 3.81. The summed E-state index contributed by atoms with van der Waals surface area (Å²) in [6.07, 6.45) is -2.99. The number of carboxylic acids is 1. The monoisotopic (exact) mass is 572 g/mol. The quantitative estimate of drug-likeness (QED) is 0.330. The number of thiophene rings is 2. The normalized spacial score (nSPS) is 16.2. The number of hydrogen-bond acceptors (Lipinski definition) is 8. The first-order chi connectivity index (χ1) is 17.4. The molecule has 1 saturated heterocycles. The molecule has 0 aliphatic carbocycles. The number of anilines is 1. The summed E-state index contributed by atoms with van der Waals surface area (Å²) in [7, 11) is -3.77. The fourth-order valence-electron chi connectivity index (χ4n) is 3.74. The van der Waals surface area contributed by atoms with Gasteiger partial charge in [0.15, 0.2) is 0 Å². The van der Waals surface area contributed by atoms with Crippen molar-refractivity contribution in [1.82, 2.24) is 14.6 Å². The van der Waals surface area contributed by atoms with Gasteiger partial charge in [-0.3, -0.25) is 4.79 Å². The zero-order valence-corrected chi connectivity index (χ0v) is 21.2. The Balaban J connectivity index is 0.000000405. The fourth-order valence-corrected chi connectivity index (χ4v) is 7.33. The van der Waals surface area contributed by atoms with Crippen LogP contribution in [0.3, 0.4) is 0 Å². The lowest BCUT2D eigenvalue weighted by molar-refractivity contribution is -0.192. The largest absolute Gasteiger partial charge is 0.490 e. The molecule has 0 bridgehead atoms. The molecule has 15 heteroatoms. The molecule has 1 amide bonds. The smallest absolute Gasteiger partial charge is 0.475 e. The molecule has 1 aliphatic rings. The number of aliphatic carboxylic acids is 1. The second kappa shape index (κ2) is 10.2. The molecule has 9 nitrogen and oxygen atoms in total. The van der Waals surface area contributed by atoms with Crippen molar-refractivity contribution in [2.45, 2.75) is 29.4 Å². The van der Waals surface area contributed by atoms with Crippen LogP contribution in [0.2, 0.25) is 0 Å². The van der Waals surface area contributed by atoms with Gasteiger partial charge in [0, 0.05) is 34.1 Å². The third kappa shape index (κ3) is 5.84. The maximum Gasteiger partial charge on any atom is 0.490 e. The first-order valence-electron chi connectivity index (χ1n) is 10.6. The Kier molecular flexibility index (Phi) is 7.41. The maximum atomic E-state index is 12.9. The molecule has 1 fully saturated rings. The third-order valence-corrected chi connectivity index (χ3v) is 9.52. The number of nitrogens with two attached hydrogens (primary N) is 1. The standard InChI is InChI=1S/C20H18N4O3S3.C2HF3O2/c21-19-18-13(11-28-16(18)5-7-22-19)10-24-8-6-14(20(24)25)23-30(26,27)17-9-12-3-1-2-4-15(12)29-17;3-2(4,5)1(6)7/h1-5,7,9,11,14,23H,6,8,10H2,(H2,21,22);(H,6,7)/t14-;/m0./s1. The molecule has 5 rings (SSSR count).